The normalized spacial score (nSPS) is 11.3. The van der Waals surface area contributed by atoms with Gasteiger partial charge in [-0.3, -0.25) is 14.4 Å². The molecule has 23 heavy (non-hydrogen) atoms. The highest BCUT2D eigenvalue weighted by atomic mass is 32.2. The number of hydrogen-bond donors (Lipinski definition) is 1. The van der Waals surface area contributed by atoms with Gasteiger partial charge in [0.25, 0.3) is 10.0 Å². The van der Waals surface area contributed by atoms with E-state index in [1.807, 2.05) is 0 Å². The number of rotatable bonds is 4. The smallest absolute Gasteiger partial charge is 0.312 e. The lowest BCUT2D eigenvalue weighted by atomic mass is 10.3. The van der Waals surface area contributed by atoms with Crippen LogP contribution in [0.3, 0.4) is 0 Å². The van der Waals surface area contributed by atoms with Crippen LogP contribution >= 0.6 is 0 Å². The van der Waals surface area contributed by atoms with E-state index in [4.69, 9.17) is 0 Å². The molecule has 0 amide bonds. The zero-order valence-corrected chi connectivity index (χ0v) is 12.4. The van der Waals surface area contributed by atoms with Crippen molar-refractivity contribution in [3.05, 3.63) is 58.1 Å². The summed E-state index contributed by atoms with van der Waals surface area (Å²) < 4.78 is 52.2. The van der Waals surface area contributed by atoms with E-state index in [0.29, 0.717) is 16.4 Å². The fraction of sp³-hybridized carbons (Fsp3) is 0.0769. The Balaban J connectivity index is 2.56. The summed E-state index contributed by atoms with van der Waals surface area (Å²) in [7, 11) is -3.41. The largest absolute Gasteiger partial charge is 0.502 e. The van der Waals surface area contributed by atoms with Crippen LogP contribution < -0.4 is 4.31 Å². The molecule has 0 heterocycles. The van der Waals surface area contributed by atoms with Crippen molar-refractivity contribution in [3.63, 3.8) is 0 Å². The summed E-state index contributed by atoms with van der Waals surface area (Å²) in [6, 6.07) is 4.66. The van der Waals surface area contributed by atoms with Crippen molar-refractivity contribution >= 4 is 21.4 Å². The molecule has 0 radical (unpaired) electrons. The lowest BCUT2D eigenvalue weighted by Crippen LogP contribution is -2.27. The van der Waals surface area contributed by atoms with Gasteiger partial charge in [0.2, 0.25) is 0 Å². The maximum Gasteiger partial charge on any atom is 0.312 e. The van der Waals surface area contributed by atoms with Crippen molar-refractivity contribution in [2.24, 2.45) is 0 Å². The molecule has 0 atom stereocenters. The molecule has 0 saturated carbocycles. The average molecular weight is 344 g/mol. The molecule has 2 rings (SSSR count). The number of phenolic OH excluding ortho intramolecular Hbond substituents is 1. The summed E-state index contributed by atoms with van der Waals surface area (Å²) in [6.45, 7) is 0. The van der Waals surface area contributed by atoms with E-state index in [9.17, 15) is 32.4 Å². The molecule has 2 aromatic rings. The minimum absolute atomic E-state index is 0.460. The molecule has 0 saturated heterocycles. The van der Waals surface area contributed by atoms with Gasteiger partial charge in [-0.2, -0.15) is 0 Å². The van der Waals surface area contributed by atoms with Crippen LogP contribution in [0.25, 0.3) is 0 Å². The van der Waals surface area contributed by atoms with Crippen LogP contribution in [0.2, 0.25) is 0 Å². The molecule has 7 nitrogen and oxygen atoms in total. The summed E-state index contributed by atoms with van der Waals surface area (Å²) in [5.41, 5.74) is -1.38. The Kier molecular flexibility index (Phi) is 4.19. The van der Waals surface area contributed by atoms with E-state index < -0.39 is 48.6 Å². The third-order valence-corrected chi connectivity index (χ3v) is 4.82. The Morgan fingerprint density at radius 2 is 1.83 bits per heavy atom. The summed E-state index contributed by atoms with van der Waals surface area (Å²) in [5.74, 6) is -2.54. The van der Waals surface area contributed by atoms with Crippen molar-refractivity contribution < 1.29 is 27.2 Å². The number of nitro groups is 1. The first-order chi connectivity index (χ1) is 10.6. The van der Waals surface area contributed by atoms with Crippen LogP contribution in [0.5, 0.6) is 5.75 Å². The number of nitrogens with zero attached hydrogens (tertiary/aromatic N) is 2. The number of phenols is 1. The van der Waals surface area contributed by atoms with Crippen molar-refractivity contribution in [3.8, 4) is 5.75 Å². The van der Waals surface area contributed by atoms with Crippen molar-refractivity contribution in [2.45, 2.75) is 4.90 Å². The van der Waals surface area contributed by atoms with Crippen LogP contribution in [0.15, 0.2) is 41.3 Å². The molecule has 0 unspecified atom stereocenters. The molecule has 0 aliphatic carbocycles. The summed E-state index contributed by atoms with van der Waals surface area (Å²) in [6.07, 6.45) is 0. The van der Waals surface area contributed by atoms with Gasteiger partial charge in [0.05, 0.1) is 15.5 Å². The quantitative estimate of drug-likeness (QED) is 0.678. The fourth-order valence-electron chi connectivity index (χ4n) is 1.82. The average Bonchev–Trinajstić information content (AvgIpc) is 2.48. The van der Waals surface area contributed by atoms with Gasteiger partial charge < -0.3 is 5.11 Å². The van der Waals surface area contributed by atoms with Crippen molar-refractivity contribution in [2.75, 3.05) is 11.4 Å². The van der Waals surface area contributed by atoms with Crippen molar-refractivity contribution in [1.82, 2.24) is 0 Å². The first-order valence-electron chi connectivity index (χ1n) is 6.06. The molecule has 0 bridgehead atoms. The van der Waals surface area contributed by atoms with E-state index in [1.54, 1.807) is 0 Å². The van der Waals surface area contributed by atoms with Gasteiger partial charge in [0.15, 0.2) is 5.75 Å². The number of hydrogen-bond acceptors (Lipinski definition) is 5. The van der Waals surface area contributed by atoms with Crippen LogP contribution in [0.1, 0.15) is 0 Å². The SMILES string of the molecule is CN(c1cc(F)ccc1F)S(=O)(=O)c1ccc(O)c([N+](=O)[O-])c1. The monoisotopic (exact) mass is 344 g/mol. The minimum atomic E-state index is -4.39. The molecule has 0 spiro atoms. The molecule has 0 fully saturated rings. The Labute approximate surface area is 129 Å². The highest BCUT2D eigenvalue weighted by Crippen LogP contribution is 2.31. The van der Waals surface area contributed by atoms with Crippen LogP contribution in [-0.4, -0.2) is 25.5 Å². The minimum Gasteiger partial charge on any atom is -0.502 e. The number of nitro benzene ring substituents is 1. The van der Waals surface area contributed by atoms with Gasteiger partial charge in [0, 0.05) is 19.2 Å². The maximum atomic E-state index is 13.7. The predicted octanol–water partition coefficient (Wildman–Crippen LogP) is 2.40. The Hall–Kier alpha value is -2.75. The zero-order valence-electron chi connectivity index (χ0n) is 11.6. The van der Waals surface area contributed by atoms with Crippen LogP contribution in [0, 0.1) is 21.7 Å². The van der Waals surface area contributed by atoms with E-state index in [0.717, 1.165) is 31.3 Å². The van der Waals surface area contributed by atoms with E-state index in [-0.39, 0.29) is 0 Å². The molecule has 10 heteroatoms. The molecular weight excluding hydrogens is 334 g/mol. The third-order valence-electron chi connectivity index (χ3n) is 3.05. The topological polar surface area (TPSA) is 101 Å². The van der Waals surface area contributed by atoms with E-state index >= 15 is 0 Å². The summed E-state index contributed by atoms with van der Waals surface area (Å²) in [4.78, 5) is 9.26. The van der Waals surface area contributed by atoms with Gasteiger partial charge in [-0.1, -0.05) is 0 Å². The number of halogens is 2. The highest BCUT2D eigenvalue weighted by Gasteiger charge is 2.27. The van der Waals surface area contributed by atoms with Crippen LogP contribution in [-0.2, 0) is 10.0 Å². The number of anilines is 1. The second-order valence-electron chi connectivity index (χ2n) is 4.48. The Morgan fingerprint density at radius 1 is 1.17 bits per heavy atom. The third kappa shape index (κ3) is 3.06. The lowest BCUT2D eigenvalue weighted by molar-refractivity contribution is -0.386. The van der Waals surface area contributed by atoms with Gasteiger partial charge in [-0.25, -0.2) is 17.2 Å². The van der Waals surface area contributed by atoms with Crippen molar-refractivity contribution in [1.29, 1.82) is 0 Å². The standard InChI is InChI=1S/C13H10F2N2O5S/c1-16(11-6-8(14)2-4-10(11)15)23(21,22)9-3-5-13(18)12(7-9)17(19)20/h2-7,18H,1H3. The second-order valence-corrected chi connectivity index (χ2v) is 6.45. The fourth-order valence-corrected chi connectivity index (χ4v) is 3.04. The summed E-state index contributed by atoms with van der Waals surface area (Å²) in [5, 5.41) is 20.1. The van der Waals surface area contributed by atoms with E-state index in [2.05, 4.69) is 0 Å². The highest BCUT2D eigenvalue weighted by molar-refractivity contribution is 7.92. The van der Waals surface area contributed by atoms with Gasteiger partial charge >= 0.3 is 5.69 Å². The molecule has 0 aromatic heterocycles. The van der Waals surface area contributed by atoms with Gasteiger partial charge in [0.1, 0.15) is 11.6 Å². The molecular formula is C13H10F2N2O5S. The number of sulfonamides is 1. The first-order valence-corrected chi connectivity index (χ1v) is 7.50. The number of aromatic hydroxyl groups is 1. The molecule has 1 N–H and O–H groups in total. The second kappa shape index (κ2) is 5.80. The maximum absolute atomic E-state index is 13.7. The van der Waals surface area contributed by atoms with Crippen LogP contribution in [0.4, 0.5) is 20.2 Å². The summed E-state index contributed by atoms with van der Waals surface area (Å²) >= 11 is 0. The zero-order chi connectivity index (χ0) is 17.4. The predicted molar refractivity (Wildman–Crippen MR) is 76.7 cm³/mol. The first kappa shape index (κ1) is 16.6. The van der Waals surface area contributed by atoms with Gasteiger partial charge in [-0.15, -0.1) is 0 Å². The number of benzene rings is 2. The molecule has 0 aliphatic rings. The van der Waals surface area contributed by atoms with E-state index in [1.165, 1.54) is 0 Å². The Morgan fingerprint density at radius 3 is 2.43 bits per heavy atom. The van der Waals surface area contributed by atoms with Gasteiger partial charge in [-0.05, 0) is 24.3 Å². The molecule has 0 aliphatic heterocycles. The Bertz CT molecular complexity index is 886. The molecule has 122 valence electrons. The molecule has 2 aromatic carbocycles. The lowest BCUT2D eigenvalue weighted by Gasteiger charge is -2.20.